The van der Waals surface area contributed by atoms with Gasteiger partial charge < -0.3 is 14.6 Å². The molecule has 2 aromatic heterocycles. The van der Waals surface area contributed by atoms with E-state index in [-0.39, 0.29) is 29.7 Å². The zero-order valence-electron chi connectivity index (χ0n) is 17.2. The smallest absolute Gasteiger partial charge is 0.332 e. The fraction of sp³-hybridized carbons (Fsp3) is 0.400. The Labute approximate surface area is 167 Å². The van der Waals surface area contributed by atoms with Crippen molar-refractivity contribution in [1.29, 1.82) is 0 Å². The molecule has 0 aliphatic carbocycles. The Hall–Kier alpha value is -3.36. The third-order valence-electron chi connectivity index (χ3n) is 4.82. The fourth-order valence-electron chi connectivity index (χ4n) is 3.27. The molecule has 2 heterocycles. The van der Waals surface area contributed by atoms with E-state index >= 15 is 0 Å². The molecule has 1 amide bonds. The molecule has 1 N–H and O–H groups in total. The normalized spacial score (nSPS) is 12.2. The number of fused-ring (bicyclic) bond motifs is 1. The van der Waals surface area contributed by atoms with Crippen molar-refractivity contribution in [1.82, 2.24) is 24.0 Å². The summed E-state index contributed by atoms with van der Waals surface area (Å²) in [4.78, 5) is 41.0. The number of carbonyl (C=O) groups excluding carboxylic acids is 1. The Morgan fingerprint density at radius 3 is 2.48 bits per heavy atom. The van der Waals surface area contributed by atoms with Crippen molar-refractivity contribution in [3.8, 4) is 5.75 Å². The second-order valence-electron chi connectivity index (χ2n) is 7.25. The highest BCUT2D eigenvalue weighted by Crippen LogP contribution is 2.22. The van der Waals surface area contributed by atoms with Crippen LogP contribution in [0.15, 0.2) is 34.1 Å². The quantitative estimate of drug-likeness (QED) is 0.656. The molecule has 0 spiro atoms. The van der Waals surface area contributed by atoms with Crippen LogP contribution < -0.4 is 21.3 Å². The maximum absolute atomic E-state index is 12.5. The van der Waals surface area contributed by atoms with Gasteiger partial charge in [0.1, 0.15) is 18.9 Å². The number of aromatic nitrogens is 4. The van der Waals surface area contributed by atoms with Gasteiger partial charge in [0.2, 0.25) is 5.91 Å². The molecular formula is C20H25N5O4. The number of hydrogen-bond acceptors (Lipinski definition) is 5. The van der Waals surface area contributed by atoms with Gasteiger partial charge in [-0.15, -0.1) is 0 Å². The lowest BCUT2D eigenvalue weighted by Gasteiger charge is -2.17. The van der Waals surface area contributed by atoms with Gasteiger partial charge in [-0.2, -0.15) is 0 Å². The summed E-state index contributed by atoms with van der Waals surface area (Å²) in [5.41, 5.74) is 1.58. The Balaban J connectivity index is 1.70. The Bertz CT molecular complexity index is 1170. The van der Waals surface area contributed by atoms with Crippen LogP contribution in [0.25, 0.3) is 11.2 Å². The van der Waals surface area contributed by atoms with Gasteiger partial charge in [-0.1, -0.05) is 18.2 Å². The monoisotopic (exact) mass is 399 g/mol. The SMILES string of the molecule is Cc1cccc(C)c1OCC(C)NC(=O)Cn1cnc2c1c(=O)n(C)c(=O)n2C. The summed E-state index contributed by atoms with van der Waals surface area (Å²) >= 11 is 0. The molecule has 0 saturated heterocycles. The summed E-state index contributed by atoms with van der Waals surface area (Å²) in [6, 6.07) is 5.69. The Morgan fingerprint density at radius 1 is 1.17 bits per heavy atom. The lowest BCUT2D eigenvalue weighted by molar-refractivity contribution is -0.122. The topological polar surface area (TPSA) is 100 Å². The van der Waals surface area contributed by atoms with Crippen molar-refractivity contribution in [3.05, 3.63) is 56.5 Å². The number of ether oxygens (including phenoxy) is 1. The molecule has 29 heavy (non-hydrogen) atoms. The molecule has 154 valence electrons. The minimum atomic E-state index is -0.486. The van der Waals surface area contributed by atoms with Crippen molar-refractivity contribution in [2.75, 3.05) is 6.61 Å². The lowest BCUT2D eigenvalue weighted by atomic mass is 10.1. The van der Waals surface area contributed by atoms with Gasteiger partial charge in [0, 0.05) is 14.1 Å². The molecule has 0 radical (unpaired) electrons. The minimum absolute atomic E-state index is 0.0856. The van der Waals surface area contributed by atoms with Crippen molar-refractivity contribution < 1.29 is 9.53 Å². The second-order valence-corrected chi connectivity index (χ2v) is 7.25. The number of benzene rings is 1. The summed E-state index contributed by atoms with van der Waals surface area (Å²) < 4.78 is 9.61. The van der Waals surface area contributed by atoms with Crippen molar-refractivity contribution >= 4 is 17.1 Å². The average Bonchev–Trinajstić information content (AvgIpc) is 3.07. The number of para-hydroxylation sites is 1. The van der Waals surface area contributed by atoms with E-state index in [0.29, 0.717) is 6.61 Å². The van der Waals surface area contributed by atoms with Gasteiger partial charge in [-0.05, 0) is 31.9 Å². The molecule has 0 fully saturated rings. The number of rotatable bonds is 6. The number of hydrogen-bond donors (Lipinski definition) is 1. The molecule has 3 rings (SSSR count). The summed E-state index contributed by atoms with van der Waals surface area (Å²) in [5.74, 6) is 0.538. The van der Waals surface area contributed by atoms with Gasteiger partial charge >= 0.3 is 5.69 Å². The van der Waals surface area contributed by atoms with Gasteiger partial charge in [0.05, 0.1) is 12.4 Å². The van der Waals surface area contributed by atoms with E-state index in [0.717, 1.165) is 21.4 Å². The molecule has 0 aliphatic rings. The van der Waals surface area contributed by atoms with Crippen molar-refractivity contribution in [2.45, 2.75) is 33.4 Å². The maximum atomic E-state index is 12.5. The van der Waals surface area contributed by atoms with E-state index in [9.17, 15) is 14.4 Å². The molecule has 9 nitrogen and oxygen atoms in total. The number of carbonyl (C=O) groups is 1. The summed E-state index contributed by atoms with van der Waals surface area (Å²) in [7, 11) is 2.93. The van der Waals surface area contributed by atoms with E-state index in [1.807, 2.05) is 39.0 Å². The van der Waals surface area contributed by atoms with Crippen LogP contribution in [0.3, 0.4) is 0 Å². The van der Waals surface area contributed by atoms with E-state index in [1.54, 1.807) is 0 Å². The molecule has 3 aromatic rings. The molecule has 0 saturated carbocycles. The lowest BCUT2D eigenvalue weighted by Crippen LogP contribution is -2.40. The van der Waals surface area contributed by atoms with E-state index < -0.39 is 11.2 Å². The van der Waals surface area contributed by atoms with Crippen molar-refractivity contribution in [3.63, 3.8) is 0 Å². The first-order valence-corrected chi connectivity index (χ1v) is 9.30. The highest BCUT2D eigenvalue weighted by molar-refractivity contribution is 5.79. The number of aryl methyl sites for hydroxylation is 3. The molecule has 1 aromatic carbocycles. The van der Waals surface area contributed by atoms with Crippen molar-refractivity contribution in [2.24, 2.45) is 14.1 Å². The number of amides is 1. The first-order chi connectivity index (χ1) is 13.7. The molecule has 9 heteroatoms. The second kappa shape index (κ2) is 7.94. The summed E-state index contributed by atoms with van der Waals surface area (Å²) in [6.07, 6.45) is 1.39. The zero-order valence-corrected chi connectivity index (χ0v) is 17.2. The summed E-state index contributed by atoms with van der Waals surface area (Å²) in [6.45, 7) is 6.03. The summed E-state index contributed by atoms with van der Waals surface area (Å²) in [5, 5.41) is 2.86. The number of nitrogens with zero attached hydrogens (tertiary/aromatic N) is 4. The van der Waals surface area contributed by atoms with Gasteiger partial charge in [-0.25, -0.2) is 9.78 Å². The number of nitrogens with one attached hydrogen (secondary N) is 1. The Morgan fingerprint density at radius 2 is 1.83 bits per heavy atom. The van der Waals surface area contributed by atoms with Crippen LogP contribution >= 0.6 is 0 Å². The van der Waals surface area contributed by atoms with Crippen LogP contribution in [0.5, 0.6) is 5.75 Å². The molecule has 0 bridgehead atoms. The number of imidazole rings is 1. The third kappa shape index (κ3) is 3.94. The van der Waals surface area contributed by atoms with E-state index in [4.69, 9.17) is 4.74 Å². The van der Waals surface area contributed by atoms with Gasteiger partial charge in [0.25, 0.3) is 5.56 Å². The minimum Gasteiger partial charge on any atom is -0.491 e. The van der Waals surface area contributed by atoms with Crippen LogP contribution in [0, 0.1) is 13.8 Å². The van der Waals surface area contributed by atoms with E-state index in [2.05, 4.69) is 10.3 Å². The standard InChI is InChI=1S/C20H25N5O4/c1-12-7-6-8-13(2)17(12)29-10-14(3)22-15(26)9-25-11-21-18-16(25)19(27)24(5)20(28)23(18)4/h6-8,11,14H,9-10H2,1-5H3,(H,22,26). The van der Waals surface area contributed by atoms with Gasteiger partial charge in [0.15, 0.2) is 11.2 Å². The highest BCUT2D eigenvalue weighted by atomic mass is 16.5. The zero-order chi connectivity index (χ0) is 21.3. The third-order valence-corrected chi connectivity index (χ3v) is 4.82. The first-order valence-electron chi connectivity index (χ1n) is 9.30. The Kier molecular flexibility index (Phi) is 5.58. The first kappa shape index (κ1) is 20.4. The molecule has 0 aliphatic heterocycles. The van der Waals surface area contributed by atoms with Crippen LogP contribution in [0.1, 0.15) is 18.1 Å². The van der Waals surface area contributed by atoms with Crippen LogP contribution in [0.4, 0.5) is 0 Å². The van der Waals surface area contributed by atoms with E-state index in [1.165, 1.54) is 29.6 Å². The molecule has 1 atom stereocenters. The fourth-order valence-corrected chi connectivity index (χ4v) is 3.27. The maximum Gasteiger partial charge on any atom is 0.332 e. The average molecular weight is 399 g/mol. The highest BCUT2D eigenvalue weighted by Gasteiger charge is 2.17. The predicted octanol–water partition coefficient (Wildman–Crippen LogP) is 0.634. The molecule has 1 unspecified atom stereocenters. The predicted molar refractivity (Wildman–Crippen MR) is 109 cm³/mol. The molecular weight excluding hydrogens is 374 g/mol. The van der Waals surface area contributed by atoms with Crippen LogP contribution in [-0.4, -0.2) is 37.2 Å². The van der Waals surface area contributed by atoms with Crippen LogP contribution in [-0.2, 0) is 25.4 Å². The van der Waals surface area contributed by atoms with Crippen LogP contribution in [0.2, 0.25) is 0 Å². The van der Waals surface area contributed by atoms with Gasteiger partial charge in [-0.3, -0.25) is 18.7 Å². The largest absolute Gasteiger partial charge is 0.491 e.